The van der Waals surface area contributed by atoms with Gasteiger partial charge in [0.05, 0.1) is 0 Å². The maximum atomic E-state index is 13.4. The molecule has 0 unspecified atom stereocenters. The summed E-state index contributed by atoms with van der Waals surface area (Å²) in [6, 6.07) is 1.78. The van der Waals surface area contributed by atoms with Crippen molar-refractivity contribution in [3.8, 4) is 11.3 Å². The topological polar surface area (TPSA) is 43.8 Å². The van der Waals surface area contributed by atoms with E-state index in [9.17, 15) is 13.2 Å². The number of anilines is 1. The molecule has 1 heterocycles. The number of nitrogen functional groups attached to an aromatic ring is 1. The average molecular weight is 295 g/mol. The molecule has 0 aliphatic rings. The summed E-state index contributed by atoms with van der Waals surface area (Å²) in [6.07, 6.45) is 1.65. The molecule has 0 atom stereocenters. The summed E-state index contributed by atoms with van der Waals surface area (Å²) in [6.45, 7) is 7.93. The van der Waals surface area contributed by atoms with Gasteiger partial charge in [0.1, 0.15) is 17.3 Å². The van der Waals surface area contributed by atoms with E-state index >= 15 is 0 Å². The van der Waals surface area contributed by atoms with Crippen LogP contribution in [0.1, 0.15) is 25.6 Å². The van der Waals surface area contributed by atoms with Gasteiger partial charge in [0, 0.05) is 18.0 Å². The lowest BCUT2D eigenvalue weighted by Gasteiger charge is -2.09. The van der Waals surface area contributed by atoms with E-state index in [0.717, 1.165) is 12.1 Å². The van der Waals surface area contributed by atoms with E-state index in [1.54, 1.807) is 10.6 Å². The molecular weight excluding hydrogens is 279 g/mol. The van der Waals surface area contributed by atoms with Crippen molar-refractivity contribution in [1.82, 2.24) is 9.55 Å². The third-order valence-electron chi connectivity index (χ3n) is 3.12. The normalized spacial score (nSPS) is 11.1. The Morgan fingerprint density at radius 3 is 2.33 bits per heavy atom. The van der Waals surface area contributed by atoms with Crippen molar-refractivity contribution in [2.75, 3.05) is 5.73 Å². The van der Waals surface area contributed by atoms with Crippen LogP contribution in [0.15, 0.2) is 24.8 Å². The maximum Gasteiger partial charge on any atom is 0.194 e. The zero-order chi connectivity index (χ0) is 15.7. The standard InChI is InChI=1S/C15H16F3N3/c1-4-5-21-14(19)13(20-15(21)8(2)3)9-6-10(16)12(18)11(17)7-9/h4,6-8H,1,5,19H2,2-3H3. The van der Waals surface area contributed by atoms with Crippen LogP contribution in [0.3, 0.4) is 0 Å². The number of allylic oxidation sites excluding steroid dienone is 1. The Bertz CT molecular complexity index is 667. The second-order valence-electron chi connectivity index (χ2n) is 5.01. The smallest absolute Gasteiger partial charge is 0.194 e. The van der Waals surface area contributed by atoms with Gasteiger partial charge in [-0.15, -0.1) is 6.58 Å². The number of halogens is 3. The van der Waals surface area contributed by atoms with Crippen LogP contribution in [0.2, 0.25) is 0 Å². The Morgan fingerprint density at radius 2 is 1.86 bits per heavy atom. The van der Waals surface area contributed by atoms with Gasteiger partial charge >= 0.3 is 0 Å². The molecule has 2 rings (SSSR count). The van der Waals surface area contributed by atoms with E-state index in [0.29, 0.717) is 12.4 Å². The van der Waals surface area contributed by atoms with Crippen LogP contribution < -0.4 is 5.73 Å². The molecule has 0 amide bonds. The van der Waals surface area contributed by atoms with Crippen LogP contribution in [0, 0.1) is 17.5 Å². The van der Waals surface area contributed by atoms with Gasteiger partial charge in [-0.2, -0.15) is 0 Å². The fourth-order valence-electron chi connectivity index (χ4n) is 2.15. The highest BCUT2D eigenvalue weighted by molar-refractivity contribution is 5.71. The zero-order valence-electron chi connectivity index (χ0n) is 11.8. The molecule has 0 fully saturated rings. The molecule has 0 aliphatic carbocycles. The lowest BCUT2D eigenvalue weighted by Crippen LogP contribution is -2.07. The second-order valence-corrected chi connectivity index (χ2v) is 5.01. The minimum Gasteiger partial charge on any atom is -0.383 e. The number of nitrogens with two attached hydrogens (primary N) is 1. The van der Waals surface area contributed by atoms with Crippen LogP contribution in [-0.4, -0.2) is 9.55 Å². The van der Waals surface area contributed by atoms with Gasteiger partial charge in [-0.05, 0) is 12.1 Å². The number of imidazole rings is 1. The van der Waals surface area contributed by atoms with Crippen molar-refractivity contribution in [1.29, 1.82) is 0 Å². The third kappa shape index (κ3) is 2.66. The van der Waals surface area contributed by atoms with Crippen LogP contribution in [-0.2, 0) is 6.54 Å². The van der Waals surface area contributed by atoms with Gasteiger partial charge in [0.15, 0.2) is 17.5 Å². The van der Waals surface area contributed by atoms with Crippen molar-refractivity contribution < 1.29 is 13.2 Å². The predicted molar refractivity (Wildman–Crippen MR) is 76.2 cm³/mol. The summed E-state index contributed by atoms with van der Waals surface area (Å²) in [7, 11) is 0. The number of benzene rings is 1. The molecule has 2 aromatic rings. The Balaban J connectivity index is 2.64. The molecule has 3 nitrogen and oxygen atoms in total. The lowest BCUT2D eigenvalue weighted by atomic mass is 10.1. The fourth-order valence-corrected chi connectivity index (χ4v) is 2.15. The molecule has 0 aliphatic heterocycles. The van der Waals surface area contributed by atoms with Crippen LogP contribution in [0.25, 0.3) is 11.3 Å². The van der Waals surface area contributed by atoms with Crippen molar-refractivity contribution in [2.24, 2.45) is 0 Å². The molecule has 0 saturated carbocycles. The average Bonchev–Trinajstić information content (AvgIpc) is 2.74. The zero-order valence-corrected chi connectivity index (χ0v) is 11.8. The largest absolute Gasteiger partial charge is 0.383 e. The van der Waals surface area contributed by atoms with Crippen molar-refractivity contribution in [3.63, 3.8) is 0 Å². The summed E-state index contributed by atoms with van der Waals surface area (Å²) in [5, 5.41) is 0. The van der Waals surface area contributed by atoms with E-state index in [1.165, 1.54) is 0 Å². The number of hydrogen-bond acceptors (Lipinski definition) is 2. The van der Waals surface area contributed by atoms with Gasteiger partial charge < -0.3 is 10.3 Å². The minimum atomic E-state index is -1.51. The van der Waals surface area contributed by atoms with E-state index in [-0.39, 0.29) is 23.0 Å². The lowest BCUT2D eigenvalue weighted by molar-refractivity contribution is 0.447. The van der Waals surface area contributed by atoms with Gasteiger partial charge in [-0.3, -0.25) is 0 Å². The Morgan fingerprint density at radius 1 is 1.29 bits per heavy atom. The van der Waals surface area contributed by atoms with Gasteiger partial charge in [-0.1, -0.05) is 19.9 Å². The molecule has 2 N–H and O–H groups in total. The first-order valence-electron chi connectivity index (χ1n) is 6.48. The molecule has 6 heteroatoms. The highest BCUT2D eigenvalue weighted by Crippen LogP contribution is 2.31. The van der Waals surface area contributed by atoms with E-state index in [2.05, 4.69) is 11.6 Å². The molecule has 112 valence electrons. The molecule has 21 heavy (non-hydrogen) atoms. The number of aromatic nitrogens is 2. The van der Waals surface area contributed by atoms with Crippen molar-refractivity contribution >= 4 is 5.82 Å². The molecule has 0 saturated heterocycles. The summed E-state index contributed by atoms with van der Waals surface area (Å²) >= 11 is 0. The Hall–Kier alpha value is -2.24. The number of hydrogen-bond donors (Lipinski definition) is 1. The molecule has 1 aromatic heterocycles. The number of rotatable bonds is 4. The van der Waals surface area contributed by atoms with E-state index in [1.807, 2.05) is 13.8 Å². The predicted octanol–water partition coefficient (Wildman–Crippen LogP) is 3.86. The van der Waals surface area contributed by atoms with E-state index in [4.69, 9.17) is 5.73 Å². The SMILES string of the molecule is C=CCn1c(C(C)C)nc(-c2cc(F)c(F)c(F)c2)c1N. The first kappa shape index (κ1) is 15.2. The second kappa shape index (κ2) is 5.63. The summed E-state index contributed by atoms with van der Waals surface area (Å²) in [5.74, 6) is -3.04. The molecule has 1 aromatic carbocycles. The van der Waals surface area contributed by atoms with Gasteiger partial charge in [-0.25, -0.2) is 18.2 Å². The van der Waals surface area contributed by atoms with Crippen LogP contribution in [0.5, 0.6) is 0 Å². The highest BCUT2D eigenvalue weighted by atomic mass is 19.2. The van der Waals surface area contributed by atoms with Crippen LogP contribution >= 0.6 is 0 Å². The molecular formula is C15H16F3N3. The highest BCUT2D eigenvalue weighted by Gasteiger charge is 2.20. The molecule has 0 radical (unpaired) electrons. The summed E-state index contributed by atoms with van der Waals surface area (Å²) in [5.41, 5.74) is 6.35. The van der Waals surface area contributed by atoms with Crippen molar-refractivity contribution in [2.45, 2.75) is 26.3 Å². The maximum absolute atomic E-state index is 13.4. The first-order chi connectivity index (χ1) is 9.86. The fraction of sp³-hybridized carbons (Fsp3) is 0.267. The first-order valence-corrected chi connectivity index (χ1v) is 6.48. The monoisotopic (exact) mass is 295 g/mol. The summed E-state index contributed by atoms with van der Waals surface area (Å²) < 4.78 is 41.5. The van der Waals surface area contributed by atoms with E-state index < -0.39 is 17.5 Å². The third-order valence-corrected chi connectivity index (χ3v) is 3.12. The minimum absolute atomic E-state index is 0.0659. The molecule has 0 spiro atoms. The Kier molecular flexibility index (Phi) is 4.06. The quantitative estimate of drug-likeness (QED) is 0.687. The Labute approximate surface area is 120 Å². The van der Waals surface area contributed by atoms with Gasteiger partial charge in [0.25, 0.3) is 0 Å². The molecule has 0 bridgehead atoms. The van der Waals surface area contributed by atoms with Crippen LogP contribution in [0.4, 0.5) is 19.0 Å². The number of nitrogens with zero attached hydrogens (tertiary/aromatic N) is 2. The summed E-state index contributed by atoms with van der Waals surface area (Å²) in [4.78, 5) is 4.34. The van der Waals surface area contributed by atoms with Gasteiger partial charge in [0.2, 0.25) is 0 Å². The van der Waals surface area contributed by atoms with Crippen molar-refractivity contribution in [3.05, 3.63) is 48.1 Å².